The van der Waals surface area contributed by atoms with E-state index < -0.39 is 35.7 Å². The molecule has 27 heavy (non-hydrogen) atoms. The minimum Gasteiger partial charge on any atom is -0.356 e. The number of hydrogen-bond acceptors (Lipinski definition) is 17. The predicted molar refractivity (Wildman–Crippen MR) is 67.5 cm³/mol. The first kappa shape index (κ1) is 49.6. The molecule has 0 aromatic rings. The standard InChI is InChI=1S/Co.H3NO3S.5NO3.Rh/c;1-5(2,3)4;5*2-1(3)4;/h;(H3,1,2,3,4);;;;;;/q+2;;5*-1;+3. The van der Waals surface area contributed by atoms with Crippen molar-refractivity contribution in [3.63, 3.8) is 0 Å². The Bertz CT molecular complexity index is 388. The van der Waals surface area contributed by atoms with E-state index in [2.05, 4.69) is 5.14 Å². The van der Waals surface area contributed by atoms with Gasteiger partial charge in [-0.3, -0.25) is 4.55 Å². The molecule has 0 saturated heterocycles. The van der Waals surface area contributed by atoms with Crippen LogP contribution in [0, 0.1) is 76.6 Å². The van der Waals surface area contributed by atoms with Crippen molar-refractivity contribution < 1.29 is 74.7 Å². The average molecular weight is 569 g/mol. The molecule has 0 amide bonds. The third-order valence-electron chi connectivity index (χ3n) is 0. The summed E-state index contributed by atoms with van der Waals surface area (Å²) >= 11 is 0. The molecule has 0 saturated carbocycles. The molecule has 3 N–H and O–H groups in total. The largest absolute Gasteiger partial charge is 3.00 e. The number of rotatable bonds is 0. The zero-order valence-electron chi connectivity index (χ0n) is 11.3. The molecule has 0 aliphatic carbocycles. The van der Waals surface area contributed by atoms with Gasteiger partial charge in [0.1, 0.15) is 0 Å². The summed E-state index contributed by atoms with van der Waals surface area (Å²) < 4.78 is 25.2. The molecule has 0 atom stereocenters. The number of nitrogens with zero attached hydrogens (tertiary/aromatic N) is 5. The van der Waals surface area contributed by atoms with Gasteiger partial charge in [-0.15, -0.1) is 0 Å². The Kier molecular flexibility index (Phi) is 63.1. The van der Waals surface area contributed by atoms with Gasteiger partial charge < -0.3 is 76.6 Å². The molecule has 24 nitrogen and oxygen atoms in total. The Hall–Kier alpha value is -3.00. The van der Waals surface area contributed by atoms with Crippen LogP contribution in [0.3, 0.4) is 0 Å². The van der Waals surface area contributed by atoms with E-state index in [9.17, 15) is 0 Å². The van der Waals surface area contributed by atoms with Gasteiger partial charge in [0.15, 0.2) is 0 Å². The molecule has 165 valence electrons. The summed E-state index contributed by atoms with van der Waals surface area (Å²) in [4.78, 5) is 41.2. The average Bonchev–Trinajstić information content (AvgIpc) is 2.06. The van der Waals surface area contributed by atoms with E-state index in [0.717, 1.165) is 0 Å². The van der Waals surface area contributed by atoms with Crippen LogP contribution in [0.5, 0.6) is 0 Å². The summed E-state index contributed by atoms with van der Waals surface area (Å²) in [6.07, 6.45) is 0. The van der Waals surface area contributed by atoms with E-state index in [-0.39, 0.29) is 36.3 Å². The van der Waals surface area contributed by atoms with Gasteiger partial charge in [-0.25, -0.2) is 5.14 Å². The second-order valence-corrected chi connectivity index (χ2v) is 2.66. The molecule has 0 bridgehead atoms. The Morgan fingerprint density at radius 3 is 0.556 bits per heavy atom. The van der Waals surface area contributed by atoms with E-state index in [0.29, 0.717) is 0 Å². The van der Waals surface area contributed by atoms with E-state index in [1.54, 1.807) is 0 Å². The van der Waals surface area contributed by atoms with Gasteiger partial charge >= 0.3 is 46.6 Å². The van der Waals surface area contributed by atoms with Crippen LogP contribution in [-0.4, -0.2) is 38.4 Å². The van der Waals surface area contributed by atoms with Crippen LogP contribution in [0.15, 0.2) is 0 Å². The zero-order valence-corrected chi connectivity index (χ0v) is 14.8. The first-order chi connectivity index (χ1) is 10.7. The fourth-order valence-corrected chi connectivity index (χ4v) is 0. The minimum atomic E-state index is -4.17. The van der Waals surface area contributed by atoms with Crippen LogP contribution in [0.2, 0.25) is 0 Å². The predicted octanol–water partition coefficient (Wildman–Crippen LogP) is -2.45. The second-order valence-electron chi connectivity index (χ2n) is 1.63. The number of nitrogens with two attached hydrogens (primary N) is 1. The van der Waals surface area contributed by atoms with Gasteiger partial charge in [0, 0.05) is 0 Å². The fourth-order valence-electron chi connectivity index (χ4n) is 0. The van der Waals surface area contributed by atoms with Gasteiger partial charge in [0.2, 0.25) is 0 Å². The van der Waals surface area contributed by atoms with Gasteiger partial charge in [0.25, 0.3) is 0 Å². The molecule has 0 spiro atoms. The molecule has 0 aliphatic rings. The first-order valence-electron chi connectivity index (χ1n) is 3.49. The quantitative estimate of drug-likeness (QED) is 0.132. The molecule has 0 unspecified atom stereocenters. The molecule has 0 aromatic heterocycles. The van der Waals surface area contributed by atoms with Crippen molar-refractivity contribution in [1.82, 2.24) is 0 Å². The van der Waals surface area contributed by atoms with E-state index in [1.165, 1.54) is 0 Å². The van der Waals surface area contributed by atoms with Crippen molar-refractivity contribution in [3.05, 3.63) is 76.6 Å². The third-order valence-corrected chi connectivity index (χ3v) is 0. The van der Waals surface area contributed by atoms with Crippen LogP contribution >= 0.6 is 0 Å². The van der Waals surface area contributed by atoms with Gasteiger partial charge in [-0.1, -0.05) is 0 Å². The molecular weight excluding hydrogens is 566 g/mol. The number of hydrogen-bond donors (Lipinski definition) is 2. The van der Waals surface area contributed by atoms with Crippen molar-refractivity contribution in [2.24, 2.45) is 5.14 Å². The Labute approximate surface area is 167 Å². The van der Waals surface area contributed by atoms with Crippen LogP contribution in [-0.2, 0) is 46.6 Å². The maximum absolute atomic E-state index is 8.97. The van der Waals surface area contributed by atoms with Crippen LogP contribution in [0.25, 0.3) is 0 Å². The maximum Gasteiger partial charge on any atom is 3.00 e. The summed E-state index contributed by atoms with van der Waals surface area (Å²) in [5.74, 6) is 0. The zero-order chi connectivity index (χ0) is 22.4. The van der Waals surface area contributed by atoms with Crippen molar-refractivity contribution in [2.45, 2.75) is 0 Å². The molecule has 0 heterocycles. The molecule has 0 aliphatic heterocycles. The van der Waals surface area contributed by atoms with E-state index >= 15 is 0 Å². The minimum absolute atomic E-state index is 0. The van der Waals surface area contributed by atoms with Gasteiger partial charge in [0.05, 0.1) is 25.4 Å². The Morgan fingerprint density at radius 2 is 0.556 bits per heavy atom. The van der Waals surface area contributed by atoms with Crippen molar-refractivity contribution in [1.29, 1.82) is 0 Å². The van der Waals surface area contributed by atoms with Crippen LogP contribution < -0.4 is 5.14 Å². The molecule has 0 rings (SSSR count). The summed E-state index contributed by atoms with van der Waals surface area (Å²) in [6, 6.07) is 0. The van der Waals surface area contributed by atoms with E-state index in [1.807, 2.05) is 0 Å². The SMILES string of the molecule is NS(=O)(=O)O.O=[N+]([O-])[O-].O=[N+]([O-])[O-].O=[N+]([O-])[O-].O=[N+]([O-])[O-].O=[N+]([O-])[O-].[Co+2].[Rh+3]. The monoisotopic (exact) mass is 569 g/mol. The molecule has 0 aromatic carbocycles. The van der Waals surface area contributed by atoms with Crippen molar-refractivity contribution >= 4 is 10.3 Å². The Morgan fingerprint density at radius 1 is 0.556 bits per heavy atom. The second kappa shape index (κ2) is 34.4. The van der Waals surface area contributed by atoms with Crippen molar-refractivity contribution in [2.75, 3.05) is 0 Å². The van der Waals surface area contributed by atoms with E-state index in [4.69, 9.17) is 89.6 Å². The summed E-state index contributed by atoms with van der Waals surface area (Å²) in [6.45, 7) is 0. The van der Waals surface area contributed by atoms with Gasteiger partial charge in [-0.2, -0.15) is 8.42 Å². The maximum atomic E-state index is 8.97. The molecule has 1 radical (unpaired) electrons. The van der Waals surface area contributed by atoms with Crippen LogP contribution in [0.1, 0.15) is 0 Å². The molecule has 0 fully saturated rings. The summed E-state index contributed by atoms with van der Waals surface area (Å²) in [5, 5.41) is 77.6. The first-order valence-corrected chi connectivity index (χ1v) is 4.99. The Balaban J connectivity index is -0.0000000264. The summed E-state index contributed by atoms with van der Waals surface area (Å²) in [7, 11) is -4.17. The topological polar surface area (TPSA) is 411 Å². The third kappa shape index (κ3) is 1130. The normalized spacial score (nSPS) is 6.59. The van der Waals surface area contributed by atoms with Crippen molar-refractivity contribution in [3.8, 4) is 0 Å². The van der Waals surface area contributed by atoms with Gasteiger partial charge in [-0.05, 0) is 0 Å². The molecule has 27 heteroatoms. The summed E-state index contributed by atoms with van der Waals surface area (Å²) in [5.41, 5.74) is 0. The van der Waals surface area contributed by atoms with Crippen LogP contribution in [0.4, 0.5) is 0 Å². The molecular formula is H3CoN6O18RhS. The fraction of sp³-hybridized carbons (Fsp3) is 0. The smallest absolute Gasteiger partial charge is 0.356 e.